The first-order valence-electron chi connectivity index (χ1n) is 12.8. The van der Waals surface area contributed by atoms with Crippen molar-refractivity contribution < 1.29 is 0 Å². The molecule has 2 aliphatic heterocycles. The molecule has 2 aliphatic rings. The molecular weight excluding hydrogens is 464 g/mol. The van der Waals surface area contributed by atoms with Crippen molar-refractivity contribution in [3.05, 3.63) is 119 Å². The summed E-state index contributed by atoms with van der Waals surface area (Å²) in [5, 5.41) is 0. The highest BCUT2D eigenvalue weighted by atomic mass is 14.8. The molecule has 5 aromatic rings. The number of hydrogen-bond donors (Lipinski definition) is 2. The van der Waals surface area contributed by atoms with E-state index >= 15 is 0 Å². The summed E-state index contributed by atoms with van der Waals surface area (Å²) in [5.74, 6) is 0. The summed E-state index contributed by atoms with van der Waals surface area (Å²) in [4.78, 5) is 17.3. The van der Waals surface area contributed by atoms with Crippen LogP contribution in [-0.2, 0) is 0 Å². The van der Waals surface area contributed by atoms with E-state index in [0.717, 1.165) is 67.1 Å². The topological polar surface area (TPSA) is 57.4 Å². The first-order valence-corrected chi connectivity index (χ1v) is 12.8. The smallest absolute Gasteiger partial charge is 0.0737 e. The summed E-state index contributed by atoms with van der Waals surface area (Å²) in [6.45, 7) is 4.30. The van der Waals surface area contributed by atoms with Crippen LogP contribution in [0.1, 0.15) is 33.9 Å². The zero-order chi connectivity index (χ0) is 25.6. The van der Waals surface area contributed by atoms with E-state index in [4.69, 9.17) is 9.97 Å². The predicted octanol–water partition coefficient (Wildman–Crippen LogP) is 8.61. The van der Waals surface area contributed by atoms with E-state index < -0.39 is 0 Å². The molecule has 0 saturated carbocycles. The molecule has 5 heterocycles. The molecular formula is C34H26N4. The van der Waals surface area contributed by atoms with E-state index in [-0.39, 0.29) is 0 Å². The Kier molecular flexibility index (Phi) is 5.19. The molecule has 0 unspecified atom stereocenters. The van der Waals surface area contributed by atoms with E-state index in [9.17, 15) is 0 Å². The number of nitrogens with zero attached hydrogens (tertiary/aromatic N) is 2. The van der Waals surface area contributed by atoms with Crippen molar-refractivity contribution in [2.45, 2.75) is 13.8 Å². The molecule has 4 nitrogen and oxygen atoms in total. The molecule has 7 rings (SSSR count). The normalized spacial score (nSPS) is 12.3. The Morgan fingerprint density at radius 3 is 1.45 bits per heavy atom. The molecule has 38 heavy (non-hydrogen) atoms. The first kappa shape index (κ1) is 22.3. The van der Waals surface area contributed by atoms with E-state index in [1.807, 2.05) is 0 Å². The van der Waals surface area contributed by atoms with Gasteiger partial charge in [-0.2, -0.15) is 0 Å². The van der Waals surface area contributed by atoms with Crippen molar-refractivity contribution in [1.82, 2.24) is 19.9 Å². The van der Waals surface area contributed by atoms with E-state index in [2.05, 4.69) is 133 Å². The molecule has 182 valence electrons. The molecule has 4 heteroatoms. The third-order valence-electron chi connectivity index (χ3n) is 7.23. The molecule has 3 aromatic heterocycles. The fourth-order valence-electron chi connectivity index (χ4n) is 5.35. The lowest BCUT2D eigenvalue weighted by molar-refractivity contribution is 1.30. The molecule has 8 bridgehead atoms. The largest absolute Gasteiger partial charge is 0.355 e. The summed E-state index contributed by atoms with van der Waals surface area (Å²) in [6, 6.07) is 29.6. The van der Waals surface area contributed by atoms with Gasteiger partial charge < -0.3 is 9.97 Å². The summed E-state index contributed by atoms with van der Waals surface area (Å²) in [7, 11) is 0. The quantitative estimate of drug-likeness (QED) is 0.255. The van der Waals surface area contributed by atoms with Crippen LogP contribution in [0.15, 0.2) is 84.9 Å². The maximum atomic E-state index is 5.27. The zero-order valence-electron chi connectivity index (χ0n) is 21.3. The maximum absolute atomic E-state index is 5.27. The number of rotatable bonds is 2. The molecule has 2 aromatic carbocycles. The third-order valence-corrected chi connectivity index (χ3v) is 7.23. The second-order valence-corrected chi connectivity index (χ2v) is 9.83. The SMILES string of the molecule is Cc1ccccc1-c1c2nc(c(-c3ccccc3C)c3ccc(cc4nc(cc5ccc1[nH]5)C=C4)[nH]3)C=C2. The molecule has 2 N–H and O–H groups in total. The molecule has 0 atom stereocenters. The van der Waals surface area contributed by atoms with Crippen molar-refractivity contribution >= 4 is 46.4 Å². The lowest BCUT2D eigenvalue weighted by Gasteiger charge is -2.08. The molecule has 0 spiro atoms. The lowest BCUT2D eigenvalue weighted by atomic mass is 9.99. The molecule has 0 radical (unpaired) electrons. The molecule has 0 aliphatic carbocycles. The summed E-state index contributed by atoms with van der Waals surface area (Å²) in [6.07, 6.45) is 8.38. The number of aromatic amines is 2. The number of aromatic nitrogens is 4. The second-order valence-electron chi connectivity index (χ2n) is 9.83. The summed E-state index contributed by atoms with van der Waals surface area (Å²) < 4.78 is 0. The van der Waals surface area contributed by atoms with E-state index in [0.29, 0.717) is 0 Å². The fourth-order valence-corrected chi connectivity index (χ4v) is 5.35. The van der Waals surface area contributed by atoms with E-state index in [1.54, 1.807) is 0 Å². The van der Waals surface area contributed by atoms with Gasteiger partial charge in [-0.05, 0) is 96.8 Å². The van der Waals surface area contributed by atoms with Crippen molar-refractivity contribution in [2.75, 3.05) is 0 Å². The van der Waals surface area contributed by atoms with Crippen LogP contribution in [0.2, 0.25) is 0 Å². The number of H-pyrrole nitrogens is 2. The molecule has 0 fully saturated rings. The zero-order valence-corrected chi connectivity index (χ0v) is 21.3. The lowest BCUT2D eigenvalue weighted by Crippen LogP contribution is -1.90. The van der Waals surface area contributed by atoms with Crippen molar-refractivity contribution in [3.63, 3.8) is 0 Å². The van der Waals surface area contributed by atoms with Crippen LogP contribution in [0.4, 0.5) is 0 Å². The number of nitrogens with one attached hydrogen (secondary N) is 2. The standard InChI is InChI=1S/C34H26N4/c1-21-7-3-5-9-27(21)33-29-15-13-25(36-29)19-23-11-12-24(35-23)20-26-14-16-30(37-26)34(32-18-17-31(33)38-32)28-10-6-4-8-22(28)2/h3-20,36-37H,1-2H3. The van der Waals surface area contributed by atoms with Gasteiger partial charge in [-0.15, -0.1) is 0 Å². The van der Waals surface area contributed by atoms with Crippen LogP contribution in [0, 0.1) is 13.8 Å². The number of aryl methyl sites for hydroxylation is 2. The molecule has 0 saturated heterocycles. The molecule has 0 amide bonds. The van der Waals surface area contributed by atoms with Crippen LogP contribution in [-0.4, -0.2) is 19.9 Å². The van der Waals surface area contributed by atoms with Gasteiger partial charge in [0.15, 0.2) is 0 Å². The van der Waals surface area contributed by atoms with Crippen LogP contribution < -0.4 is 0 Å². The highest BCUT2D eigenvalue weighted by molar-refractivity contribution is 5.96. The van der Waals surface area contributed by atoms with Gasteiger partial charge in [-0.25, -0.2) is 9.97 Å². The van der Waals surface area contributed by atoms with Gasteiger partial charge in [0.25, 0.3) is 0 Å². The van der Waals surface area contributed by atoms with Crippen LogP contribution in [0.5, 0.6) is 0 Å². The van der Waals surface area contributed by atoms with Gasteiger partial charge in [0.1, 0.15) is 0 Å². The highest BCUT2D eigenvalue weighted by Gasteiger charge is 2.16. The van der Waals surface area contributed by atoms with Crippen molar-refractivity contribution in [3.8, 4) is 22.3 Å². The van der Waals surface area contributed by atoms with Crippen LogP contribution in [0.25, 0.3) is 68.6 Å². The Balaban J connectivity index is 1.66. The number of hydrogen-bond acceptors (Lipinski definition) is 2. The monoisotopic (exact) mass is 490 g/mol. The summed E-state index contributed by atoms with van der Waals surface area (Å²) in [5.41, 5.74) is 14.7. The maximum Gasteiger partial charge on any atom is 0.0737 e. The van der Waals surface area contributed by atoms with Crippen LogP contribution in [0.3, 0.4) is 0 Å². The Hall–Kier alpha value is -4.96. The van der Waals surface area contributed by atoms with E-state index in [1.165, 1.54) is 11.1 Å². The van der Waals surface area contributed by atoms with Gasteiger partial charge in [0, 0.05) is 33.2 Å². The summed E-state index contributed by atoms with van der Waals surface area (Å²) >= 11 is 0. The number of benzene rings is 2. The minimum absolute atomic E-state index is 0.918. The third kappa shape index (κ3) is 3.87. The highest BCUT2D eigenvalue weighted by Crippen LogP contribution is 2.36. The first-order chi connectivity index (χ1) is 18.6. The Morgan fingerprint density at radius 1 is 0.500 bits per heavy atom. The Labute approximate surface area is 221 Å². The Bertz CT molecular complexity index is 1810. The van der Waals surface area contributed by atoms with Crippen molar-refractivity contribution in [1.29, 1.82) is 0 Å². The van der Waals surface area contributed by atoms with Gasteiger partial charge in [0.05, 0.1) is 22.8 Å². The second kappa shape index (κ2) is 8.86. The van der Waals surface area contributed by atoms with Crippen LogP contribution >= 0.6 is 0 Å². The minimum atomic E-state index is 0.918. The Morgan fingerprint density at radius 2 is 0.974 bits per heavy atom. The fraction of sp³-hybridized carbons (Fsp3) is 0.0588. The van der Waals surface area contributed by atoms with Gasteiger partial charge in [0.2, 0.25) is 0 Å². The number of fused-ring (bicyclic) bond motifs is 8. The van der Waals surface area contributed by atoms with Crippen molar-refractivity contribution in [2.24, 2.45) is 0 Å². The minimum Gasteiger partial charge on any atom is -0.355 e. The average molecular weight is 491 g/mol. The predicted molar refractivity (Wildman–Crippen MR) is 159 cm³/mol. The van der Waals surface area contributed by atoms with Gasteiger partial charge in [-0.3, -0.25) is 0 Å². The van der Waals surface area contributed by atoms with Gasteiger partial charge >= 0.3 is 0 Å². The van der Waals surface area contributed by atoms with Gasteiger partial charge in [-0.1, -0.05) is 48.5 Å². The average Bonchev–Trinajstić information content (AvgIpc) is 3.72.